The Morgan fingerprint density at radius 2 is 2.33 bits per heavy atom. The first-order chi connectivity index (χ1) is 7.24. The summed E-state index contributed by atoms with van der Waals surface area (Å²) in [4.78, 5) is 11.0. The molecule has 1 saturated heterocycles. The standard InChI is InChI=1S/C12H22O3/c1-2-3-4-6-10(12(13)14)9-11-7-5-8-15-11/h10-11H,2-9H2,1H3,(H,13,14). The van der Waals surface area contributed by atoms with Gasteiger partial charge >= 0.3 is 5.97 Å². The summed E-state index contributed by atoms with van der Waals surface area (Å²) in [5, 5.41) is 9.08. The van der Waals surface area contributed by atoms with Crippen molar-refractivity contribution in [2.75, 3.05) is 6.61 Å². The molecule has 1 N–H and O–H groups in total. The molecule has 0 saturated carbocycles. The topological polar surface area (TPSA) is 46.5 Å². The highest BCUT2D eigenvalue weighted by atomic mass is 16.5. The van der Waals surface area contributed by atoms with Crippen LogP contribution in [0.25, 0.3) is 0 Å². The highest BCUT2D eigenvalue weighted by molar-refractivity contribution is 5.69. The van der Waals surface area contributed by atoms with E-state index in [1.54, 1.807) is 0 Å². The number of carbonyl (C=O) groups is 1. The third-order valence-electron chi connectivity index (χ3n) is 3.08. The molecule has 0 bridgehead atoms. The fraction of sp³-hybridized carbons (Fsp3) is 0.917. The molecular weight excluding hydrogens is 192 g/mol. The summed E-state index contributed by atoms with van der Waals surface area (Å²) < 4.78 is 5.48. The van der Waals surface area contributed by atoms with E-state index >= 15 is 0 Å². The van der Waals surface area contributed by atoms with E-state index < -0.39 is 5.97 Å². The van der Waals surface area contributed by atoms with Crippen molar-refractivity contribution in [3.8, 4) is 0 Å². The number of rotatable bonds is 7. The van der Waals surface area contributed by atoms with E-state index in [4.69, 9.17) is 9.84 Å². The Hall–Kier alpha value is -0.570. The maximum absolute atomic E-state index is 11.0. The lowest BCUT2D eigenvalue weighted by Crippen LogP contribution is -2.20. The monoisotopic (exact) mass is 214 g/mol. The average molecular weight is 214 g/mol. The summed E-state index contributed by atoms with van der Waals surface area (Å²) in [7, 11) is 0. The number of hydrogen-bond donors (Lipinski definition) is 1. The summed E-state index contributed by atoms with van der Waals surface area (Å²) in [6.07, 6.45) is 7.15. The smallest absolute Gasteiger partial charge is 0.306 e. The van der Waals surface area contributed by atoms with Crippen LogP contribution in [0.4, 0.5) is 0 Å². The van der Waals surface area contributed by atoms with E-state index in [0.717, 1.165) is 45.1 Å². The molecule has 1 fully saturated rings. The molecule has 15 heavy (non-hydrogen) atoms. The molecule has 0 amide bonds. The Morgan fingerprint density at radius 1 is 1.53 bits per heavy atom. The molecule has 0 aromatic rings. The van der Waals surface area contributed by atoms with E-state index in [-0.39, 0.29) is 12.0 Å². The largest absolute Gasteiger partial charge is 0.481 e. The minimum absolute atomic E-state index is 0.195. The number of carboxylic acids is 1. The Labute approximate surface area is 91.8 Å². The van der Waals surface area contributed by atoms with Crippen LogP contribution in [0.5, 0.6) is 0 Å². The third-order valence-corrected chi connectivity index (χ3v) is 3.08. The minimum atomic E-state index is -0.651. The zero-order valence-electron chi connectivity index (χ0n) is 9.58. The van der Waals surface area contributed by atoms with Crippen LogP contribution in [0.15, 0.2) is 0 Å². The van der Waals surface area contributed by atoms with Gasteiger partial charge in [0, 0.05) is 6.61 Å². The highest BCUT2D eigenvalue weighted by Gasteiger charge is 2.24. The molecule has 0 radical (unpaired) electrons. The van der Waals surface area contributed by atoms with Gasteiger partial charge in [-0.25, -0.2) is 0 Å². The summed E-state index contributed by atoms with van der Waals surface area (Å²) >= 11 is 0. The molecule has 0 aliphatic carbocycles. The summed E-state index contributed by atoms with van der Waals surface area (Å²) in [5.41, 5.74) is 0. The summed E-state index contributed by atoms with van der Waals surface area (Å²) in [6.45, 7) is 2.95. The van der Waals surface area contributed by atoms with Crippen LogP contribution in [-0.4, -0.2) is 23.8 Å². The van der Waals surface area contributed by atoms with Gasteiger partial charge in [-0.15, -0.1) is 0 Å². The minimum Gasteiger partial charge on any atom is -0.481 e. The van der Waals surface area contributed by atoms with Gasteiger partial charge in [0.1, 0.15) is 0 Å². The molecule has 1 aliphatic heterocycles. The van der Waals surface area contributed by atoms with Crippen LogP contribution < -0.4 is 0 Å². The van der Waals surface area contributed by atoms with E-state index in [2.05, 4.69) is 6.92 Å². The molecule has 0 aromatic heterocycles. The van der Waals surface area contributed by atoms with Crippen LogP contribution in [0.3, 0.4) is 0 Å². The van der Waals surface area contributed by atoms with Crippen LogP contribution in [0.1, 0.15) is 51.9 Å². The Kier molecular flexibility index (Phi) is 5.69. The maximum atomic E-state index is 11.0. The van der Waals surface area contributed by atoms with Crippen LogP contribution >= 0.6 is 0 Å². The lowest BCUT2D eigenvalue weighted by atomic mass is 9.94. The second-order valence-corrected chi connectivity index (χ2v) is 4.40. The van der Waals surface area contributed by atoms with Gasteiger partial charge in [-0.1, -0.05) is 26.2 Å². The molecule has 1 aliphatic rings. The third kappa shape index (κ3) is 4.65. The first kappa shape index (κ1) is 12.5. The number of carboxylic acid groups (broad SMARTS) is 1. The number of aliphatic carboxylic acids is 1. The van der Waals surface area contributed by atoms with E-state index in [9.17, 15) is 4.79 Å². The van der Waals surface area contributed by atoms with Gasteiger partial charge in [0.05, 0.1) is 12.0 Å². The lowest BCUT2D eigenvalue weighted by molar-refractivity contribution is -0.143. The predicted octanol–water partition coefficient (Wildman–Crippen LogP) is 2.84. The van der Waals surface area contributed by atoms with Gasteiger partial charge in [0.25, 0.3) is 0 Å². The molecular formula is C12H22O3. The number of ether oxygens (including phenoxy) is 1. The SMILES string of the molecule is CCCCCC(CC1CCCO1)C(=O)O. The van der Waals surface area contributed by atoms with Crippen LogP contribution in [-0.2, 0) is 9.53 Å². The number of unbranched alkanes of at least 4 members (excludes halogenated alkanes) is 2. The average Bonchev–Trinajstić information content (AvgIpc) is 2.69. The first-order valence-corrected chi connectivity index (χ1v) is 6.08. The van der Waals surface area contributed by atoms with Crippen molar-refractivity contribution in [2.24, 2.45) is 5.92 Å². The molecule has 1 heterocycles. The predicted molar refractivity (Wildman–Crippen MR) is 58.9 cm³/mol. The van der Waals surface area contributed by atoms with E-state index in [1.165, 1.54) is 0 Å². The molecule has 3 heteroatoms. The fourth-order valence-corrected chi connectivity index (χ4v) is 2.13. The normalized spacial score (nSPS) is 22.9. The highest BCUT2D eigenvalue weighted by Crippen LogP contribution is 2.23. The van der Waals surface area contributed by atoms with Crippen LogP contribution in [0.2, 0.25) is 0 Å². The Balaban J connectivity index is 2.26. The van der Waals surface area contributed by atoms with Gasteiger partial charge in [-0.2, -0.15) is 0 Å². The lowest BCUT2D eigenvalue weighted by Gasteiger charge is -2.16. The van der Waals surface area contributed by atoms with Crippen molar-refractivity contribution >= 4 is 5.97 Å². The number of hydrogen-bond acceptors (Lipinski definition) is 2. The van der Waals surface area contributed by atoms with Crippen LogP contribution in [0, 0.1) is 5.92 Å². The van der Waals surface area contributed by atoms with Gasteiger partial charge in [-0.3, -0.25) is 4.79 Å². The van der Waals surface area contributed by atoms with Gasteiger partial charge in [-0.05, 0) is 25.7 Å². The van der Waals surface area contributed by atoms with Crippen molar-refractivity contribution in [3.05, 3.63) is 0 Å². The second kappa shape index (κ2) is 6.83. The maximum Gasteiger partial charge on any atom is 0.306 e. The van der Waals surface area contributed by atoms with Crippen molar-refractivity contribution in [3.63, 3.8) is 0 Å². The Morgan fingerprint density at radius 3 is 2.87 bits per heavy atom. The zero-order valence-corrected chi connectivity index (χ0v) is 9.58. The van der Waals surface area contributed by atoms with E-state index in [0.29, 0.717) is 6.42 Å². The quantitative estimate of drug-likeness (QED) is 0.663. The molecule has 1 rings (SSSR count). The molecule has 2 atom stereocenters. The summed E-state index contributed by atoms with van der Waals surface area (Å²) in [6, 6.07) is 0. The zero-order chi connectivity index (χ0) is 11.1. The van der Waals surface area contributed by atoms with Gasteiger partial charge in [0.2, 0.25) is 0 Å². The van der Waals surface area contributed by atoms with Crippen molar-refractivity contribution in [1.29, 1.82) is 0 Å². The fourth-order valence-electron chi connectivity index (χ4n) is 2.13. The first-order valence-electron chi connectivity index (χ1n) is 6.08. The van der Waals surface area contributed by atoms with Gasteiger partial charge < -0.3 is 9.84 Å². The Bertz CT molecular complexity index is 185. The summed E-state index contributed by atoms with van der Waals surface area (Å²) in [5.74, 6) is -0.846. The second-order valence-electron chi connectivity index (χ2n) is 4.40. The molecule has 88 valence electrons. The molecule has 3 nitrogen and oxygen atoms in total. The van der Waals surface area contributed by atoms with Gasteiger partial charge in [0.15, 0.2) is 0 Å². The molecule has 2 unspecified atom stereocenters. The van der Waals surface area contributed by atoms with E-state index in [1.807, 2.05) is 0 Å². The van der Waals surface area contributed by atoms with Crippen molar-refractivity contribution in [2.45, 2.75) is 58.0 Å². The van der Waals surface area contributed by atoms with Crippen molar-refractivity contribution in [1.82, 2.24) is 0 Å². The molecule has 0 spiro atoms. The van der Waals surface area contributed by atoms with Crippen molar-refractivity contribution < 1.29 is 14.6 Å². The molecule has 0 aromatic carbocycles.